The lowest BCUT2D eigenvalue weighted by atomic mass is 10.1. The van der Waals surface area contributed by atoms with Crippen LogP contribution in [0.3, 0.4) is 0 Å². The first-order valence-corrected chi connectivity index (χ1v) is 7.14. The third-order valence-electron chi connectivity index (χ3n) is 2.95. The maximum Gasteiger partial charge on any atom is 0.253 e. The number of aromatic nitrogens is 2. The number of nitrogens with two attached hydrogens (primary N) is 1. The SMILES string of the molecule is CC(CNC(=O)c1cc(Br)ccc1N)Cn1ccnc1. The van der Waals surface area contributed by atoms with E-state index in [4.69, 9.17) is 5.73 Å². The summed E-state index contributed by atoms with van der Waals surface area (Å²) in [5.41, 5.74) is 6.79. The second kappa shape index (κ2) is 6.56. The Labute approximate surface area is 126 Å². The molecule has 1 atom stereocenters. The molecule has 2 aromatic rings. The number of benzene rings is 1. The van der Waals surface area contributed by atoms with Crippen LogP contribution in [0.5, 0.6) is 0 Å². The fraction of sp³-hybridized carbons (Fsp3) is 0.286. The summed E-state index contributed by atoms with van der Waals surface area (Å²) in [5, 5.41) is 2.91. The highest BCUT2D eigenvalue weighted by Crippen LogP contribution is 2.18. The van der Waals surface area contributed by atoms with E-state index >= 15 is 0 Å². The largest absolute Gasteiger partial charge is 0.398 e. The summed E-state index contributed by atoms with van der Waals surface area (Å²) in [6.07, 6.45) is 5.42. The Hall–Kier alpha value is -1.82. The van der Waals surface area contributed by atoms with Gasteiger partial charge < -0.3 is 15.6 Å². The number of carbonyl (C=O) groups is 1. The Morgan fingerprint density at radius 2 is 2.35 bits per heavy atom. The molecule has 1 heterocycles. The van der Waals surface area contributed by atoms with Crippen LogP contribution in [0.4, 0.5) is 5.69 Å². The first-order valence-electron chi connectivity index (χ1n) is 6.35. The van der Waals surface area contributed by atoms with Gasteiger partial charge in [-0.1, -0.05) is 22.9 Å². The zero-order chi connectivity index (χ0) is 14.5. The quantitative estimate of drug-likeness (QED) is 0.823. The summed E-state index contributed by atoms with van der Waals surface area (Å²) in [6.45, 7) is 3.47. The number of hydrogen-bond acceptors (Lipinski definition) is 3. The molecule has 1 aromatic carbocycles. The first-order chi connectivity index (χ1) is 9.56. The number of rotatable bonds is 5. The monoisotopic (exact) mass is 336 g/mol. The summed E-state index contributed by atoms with van der Waals surface area (Å²) in [4.78, 5) is 16.1. The predicted octanol–water partition coefficient (Wildman–Crippen LogP) is 2.29. The van der Waals surface area contributed by atoms with Crippen molar-refractivity contribution in [2.45, 2.75) is 13.5 Å². The van der Waals surface area contributed by atoms with Gasteiger partial charge in [0, 0.05) is 35.6 Å². The molecular formula is C14H17BrN4O. The molecule has 2 rings (SSSR count). The van der Waals surface area contributed by atoms with Crippen molar-refractivity contribution < 1.29 is 4.79 Å². The summed E-state index contributed by atoms with van der Waals surface area (Å²) in [5.74, 6) is 0.155. The molecule has 0 aliphatic rings. The molecule has 0 bridgehead atoms. The Balaban J connectivity index is 1.90. The molecule has 0 aliphatic heterocycles. The van der Waals surface area contributed by atoms with Crippen molar-refractivity contribution in [2.24, 2.45) is 5.92 Å². The number of nitrogens with one attached hydrogen (secondary N) is 1. The molecule has 1 aromatic heterocycles. The number of carbonyl (C=O) groups excluding carboxylic acids is 1. The fourth-order valence-corrected chi connectivity index (χ4v) is 2.27. The minimum absolute atomic E-state index is 0.152. The molecular weight excluding hydrogens is 320 g/mol. The average Bonchev–Trinajstić information content (AvgIpc) is 2.91. The van der Waals surface area contributed by atoms with Crippen molar-refractivity contribution in [3.05, 3.63) is 47.0 Å². The second-order valence-corrected chi connectivity index (χ2v) is 5.72. The fourth-order valence-electron chi connectivity index (χ4n) is 1.91. The minimum atomic E-state index is -0.152. The van der Waals surface area contributed by atoms with Crippen LogP contribution in [-0.4, -0.2) is 22.0 Å². The molecule has 0 saturated heterocycles. The van der Waals surface area contributed by atoms with Crippen LogP contribution in [0, 0.1) is 5.92 Å². The van der Waals surface area contributed by atoms with E-state index in [1.54, 1.807) is 24.7 Å². The molecule has 1 unspecified atom stereocenters. The van der Waals surface area contributed by atoms with Gasteiger partial charge in [0.25, 0.3) is 5.91 Å². The smallest absolute Gasteiger partial charge is 0.253 e. The van der Waals surface area contributed by atoms with E-state index < -0.39 is 0 Å². The van der Waals surface area contributed by atoms with E-state index in [0.717, 1.165) is 11.0 Å². The van der Waals surface area contributed by atoms with Crippen molar-refractivity contribution in [2.75, 3.05) is 12.3 Å². The molecule has 0 spiro atoms. The summed E-state index contributed by atoms with van der Waals surface area (Å²) in [6, 6.07) is 5.26. The zero-order valence-electron chi connectivity index (χ0n) is 11.2. The lowest BCUT2D eigenvalue weighted by Crippen LogP contribution is -2.30. The maximum atomic E-state index is 12.1. The van der Waals surface area contributed by atoms with Gasteiger partial charge in [0.15, 0.2) is 0 Å². The van der Waals surface area contributed by atoms with Crippen LogP contribution in [0.2, 0.25) is 0 Å². The number of nitrogens with zero attached hydrogens (tertiary/aromatic N) is 2. The van der Waals surface area contributed by atoms with Crippen molar-refractivity contribution in [3.63, 3.8) is 0 Å². The van der Waals surface area contributed by atoms with Crippen molar-refractivity contribution in [1.82, 2.24) is 14.9 Å². The van der Waals surface area contributed by atoms with Crippen molar-refractivity contribution in [3.8, 4) is 0 Å². The van der Waals surface area contributed by atoms with E-state index in [2.05, 4.69) is 33.2 Å². The maximum absolute atomic E-state index is 12.1. The normalized spacial score (nSPS) is 12.1. The van der Waals surface area contributed by atoms with E-state index in [9.17, 15) is 4.79 Å². The molecule has 0 saturated carbocycles. The number of anilines is 1. The van der Waals surface area contributed by atoms with E-state index in [-0.39, 0.29) is 5.91 Å². The van der Waals surface area contributed by atoms with Gasteiger partial charge in [0.05, 0.1) is 11.9 Å². The number of nitrogen functional groups attached to an aromatic ring is 1. The van der Waals surface area contributed by atoms with Crippen LogP contribution in [0.25, 0.3) is 0 Å². The van der Waals surface area contributed by atoms with Gasteiger partial charge in [-0.3, -0.25) is 4.79 Å². The summed E-state index contributed by atoms with van der Waals surface area (Å²) in [7, 11) is 0. The molecule has 1 amide bonds. The van der Waals surface area contributed by atoms with Gasteiger partial charge in [-0.15, -0.1) is 0 Å². The van der Waals surface area contributed by atoms with Gasteiger partial charge in [-0.05, 0) is 24.1 Å². The van der Waals surface area contributed by atoms with Crippen LogP contribution >= 0.6 is 15.9 Å². The third kappa shape index (κ3) is 3.84. The molecule has 0 radical (unpaired) electrons. The predicted molar refractivity (Wildman–Crippen MR) is 82.3 cm³/mol. The number of halogens is 1. The first kappa shape index (κ1) is 14.6. The lowest BCUT2D eigenvalue weighted by Gasteiger charge is -2.14. The van der Waals surface area contributed by atoms with Gasteiger partial charge >= 0.3 is 0 Å². The standard InChI is InChI=1S/C14H17BrN4O/c1-10(8-19-5-4-17-9-19)7-18-14(20)12-6-11(15)2-3-13(12)16/h2-6,9-10H,7-8,16H2,1H3,(H,18,20). The Morgan fingerprint density at radius 1 is 1.55 bits per heavy atom. The number of hydrogen-bond donors (Lipinski definition) is 2. The van der Waals surface area contributed by atoms with E-state index in [0.29, 0.717) is 23.7 Å². The van der Waals surface area contributed by atoms with Crippen LogP contribution < -0.4 is 11.1 Å². The van der Waals surface area contributed by atoms with Crippen LogP contribution in [-0.2, 0) is 6.54 Å². The molecule has 3 N–H and O–H groups in total. The number of imidazole rings is 1. The highest BCUT2D eigenvalue weighted by Gasteiger charge is 2.11. The van der Waals surface area contributed by atoms with Gasteiger partial charge in [0.1, 0.15) is 0 Å². The molecule has 106 valence electrons. The zero-order valence-corrected chi connectivity index (χ0v) is 12.8. The van der Waals surface area contributed by atoms with Crippen molar-refractivity contribution in [1.29, 1.82) is 0 Å². The van der Waals surface area contributed by atoms with Gasteiger partial charge in [-0.25, -0.2) is 4.98 Å². The topological polar surface area (TPSA) is 72.9 Å². The highest BCUT2D eigenvalue weighted by molar-refractivity contribution is 9.10. The van der Waals surface area contributed by atoms with Crippen molar-refractivity contribution >= 4 is 27.5 Å². The summed E-state index contributed by atoms with van der Waals surface area (Å²) < 4.78 is 2.83. The van der Waals surface area contributed by atoms with E-state index in [1.807, 2.05) is 16.8 Å². The molecule has 6 heteroatoms. The molecule has 0 aliphatic carbocycles. The van der Waals surface area contributed by atoms with Gasteiger partial charge in [0.2, 0.25) is 0 Å². The Morgan fingerprint density at radius 3 is 3.05 bits per heavy atom. The van der Waals surface area contributed by atoms with E-state index in [1.165, 1.54) is 0 Å². The number of amides is 1. The Bertz CT molecular complexity index is 583. The lowest BCUT2D eigenvalue weighted by molar-refractivity contribution is 0.0947. The van der Waals surface area contributed by atoms with Crippen LogP contribution in [0.15, 0.2) is 41.4 Å². The third-order valence-corrected chi connectivity index (χ3v) is 3.45. The Kier molecular flexibility index (Phi) is 4.79. The van der Waals surface area contributed by atoms with Gasteiger partial charge in [-0.2, -0.15) is 0 Å². The molecule has 5 nitrogen and oxygen atoms in total. The second-order valence-electron chi connectivity index (χ2n) is 4.81. The van der Waals surface area contributed by atoms with Crippen LogP contribution in [0.1, 0.15) is 17.3 Å². The summed E-state index contributed by atoms with van der Waals surface area (Å²) >= 11 is 3.34. The average molecular weight is 337 g/mol. The molecule has 0 fully saturated rings. The molecule has 20 heavy (non-hydrogen) atoms. The minimum Gasteiger partial charge on any atom is -0.398 e. The highest BCUT2D eigenvalue weighted by atomic mass is 79.9.